The standard InChI is InChI=1S/C20H31N5/c1-4-16(5-2)17-10-13-25(14-17)20(21-3)22-11-9-18-15-24-12-7-6-8-19(24)23-18/h6-8,12,15-17H,4-5,9-11,13-14H2,1-3H3,(H,21,22). The minimum absolute atomic E-state index is 0.812. The van der Waals surface area contributed by atoms with Crippen molar-refractivity contribution in [1.82, 2.24) is 19.6 Å². The molecule has 1 unspecified atom stereocenters. The van der Waals surface area contributed by atoms with Crippen molar-refractivity contribution in [3.05, 3.63) is 36.3 Å². The Morgan fingerprint density at radius 3 is 2.92 bits per heavy atom. The average Bonchev–Trinajstić information content (AvgIpc) is 3.26. The Hall–Kier alpha value is -2.04. The van der Waals surface area contributed by atoms with Gasteiger partial charge in [0.15, 0.2) is 5.96 Å². The third-order valence-electron chi connectivity index (χ3n) is 5.53. The SMILES string of the molecule is CCC(CC)C1CCN(C(=NC)NCCc2cn3ccccc3n2)C1. The number of nitrogens with one attached hydrogen (secondary N) is 1. The Morgan fingerprint density at radius 2 is 2.20 bits per heavy atom. The van der Waals surface area contributed by atoms with Gasteiger partial charge >= 0.3 is 0 Å². The molecule has 3 heterocycles. The molecule has 136 valence electrons. The number of fused-ring (bicyclic) bond motifs is 1. The van der Waals surface area contributed by atoms with Crippen LogP contribution in [0.2, 0.25) is 0 Å². The molecule has 1 saturated heterocycles. The van der Waals surface area contributed by atoms with Gasteiger partial charge in [0, 0.05) is 45.5 Å². The van der Waals surface area contributed by atoms with Crippen LogP contribution in [0.15, 0.2) is 35.6 Å². The summed E-state index contributed by atoms with van der Waals surface area (Å²) in [5.41, 5.74) is 2.12. The topological polar surface area (TPSA) is 44.9 Å². The molecule has 0 aromatic carbocycles. The van der Waals surface area contributed by atoms with E-state index in [-0.39, 0.29) is 0 Å². The van der Waals surface area contributed by atoms with Gasteiger partial charge in [0.25, 0.3) is 0 Å². The molecule has 0 saturated carbocycles. The first-order chi connectivity index (χ1) is 12.2. The van der Waals surface area contributed by atoms with Crippen molar-refractivity contribution in [2.75, 3.05) is 26.7 Å². The highest BCUT2D eigenvalue weighted by molar-refractivity contribution is 5.80. The molecule has 3 rings (SSSR count). The quantitative estimate of drug-likeness (QED) is 0.648. The second-order valence-electron chi connectivity index (χ2n) is 6.99. The minimum atomic E-state index is 0.812. The summed E-state index contributed by atoms with van der Waals surface area (Å²) in [6, 6.07) is 6.09. The third kappa shape index (κ3) is 4.14. The summed E-state index contributed by atoms with van der Waals surface area (Å²) in [6.45, 7) is 7.76. The summed E-state index contributed by atoms with van der Waals surface area (Å²) in [7, 11) is 1.89. The number of aromatic nitrogens is 2. The maximum Gasteiger partial charge on any atom is 0.193 e. The Morgan fingerprint density at radius 1 is 1.36 bits per heavy atom. The number of hydrogen-bond donors (Lipinski definition) is 1. The fraction of sp³-hybridized carbons (Fsp3) is 0.600. The van der Waals surface area contributed by atoms with E-state index in [0.29, 0.717) is 0 Å². The predicted molar refractivity (Wildman–Crippen MR) is 104 cm³/mol. The second-order valence-corrected chi connectivity index (χ2v) is 6.99. The van der Waals surface area contributed by atoms with Crippen LogP contribution in [0.3, 0.4) is 0 Å². The molecule has 1 N–H and O–H groups in total. The predicted octanol–water partition coefficient (Wildman–Crippen LogP) is 3.21. The number of guanidine groups is 1. The third-order valence-corrected chi connectivity index (χ3v) is 5.53. The number of pyridine rings is 1. The van der Waals surface area contributed by atoms with Crippen LogP contribution in [0.5, 0.6) is 0 Å². The van der Waals surface area contributed by atoms with Crippen molar-refractivity contribution in [2.24, 2.45) is 16.8 Å². The van der Waals surface area contributed by atoms with Crippen molar-refractivity contribution in [1.29, 1.82) is 0 Å². The van der Waals surface area contributed by atoms with Crippen LogP contribution in [0.4, 0.5) is 0 Å². The van der Waals surface area contributed by atoms with Gasteiger partial charge in [0.2, 0.25) is 0 Å². The summed E-state index contributed by atoms with van der Waals surface area (Å²) in [5, 5.41) is 3.53. The van der Waals surface area contributed by atoms with Gasteiger partial charge in [-0.15, -0.1) is 0 Å². The van der Waals surface area contributed by atoms with Crippen LogP contribution >= 0.6 is 0 Å². The zero-order valence-electron chi connectivity index (χ0n) is 15.8. The van der Waals surface area contributed by atoms with E-state index in [9.17, 15) is 0 Å². The summed E-state index contributed by atoms with van der Waals surface area (Å²) >= 11 is 0. The number of rotatable bonds is 6. The molecule has 5 nitrogen and oxygen atoms in total. The van der Waals surface area contributed by atoms with Gasteiger partial charge in [0.05, 0.1) is 5.69 Å². The molecule has 0 amide bonds. The lowest BCUT2D eigenvalue weighted by atomic mass is 9.87. The van der Waals surface area contributed by atoms with Gasteiger partial charge in [-0.1, -0.05) is 32.8 Å². The van der Waals surface area contributed by atoms with E-state index < -0.39 is 0 Å². The molecule has 5 heteroatoms. The Labute approximate surface area is 151 Å². The highest BCUT2D eigenvalue weighted by Gasteiger charge is 2.29. The second kappa shape index (κ2) is 8.37. The number of hydrogen-bond acceptors (Lipinski definition) is 2. The van der Waals surface area contributed by atoms with Crippen molar-refractivity contribution in [3.8, 4) is 0 Å². The van der Waals surface area contributed by atoms with Gasteiger partial charge in [-0.05, 0) is 30.4 Å². The smallest absolute Gasteiger partial charge is 0.193 e. The summed E-state index contributed by atoms with van der Waals surface area (Å²) in [4.78, 5) is 11.6. The van der Waals surface area contributed by atoms with E-state index in [1.54, 1.807) is 0 Å². The van der Waals surface area contributed by atoms with Crippen molar-refractivity contribution in [2.45, 2.75) is 39.5 Å². The molecule has 2 aromatic heterocycles. The minimum Gasteiger partial charge on any atom is -0.356 e. The summed E-state index contributed by atoms with van der Waals surface area (Å²) in [6.07, 6.45) is 8.92. The molecule has 1 aliphatic heterocycles. The van der Waals surface area contributed by atoms with Crippen molar-refractivity contribution < 1.29 is 0 Å². The van der Waals surface area contributed by atoms with Gasteiger partial charge in [-0.3, -0.25) is 4.99 Å². The van der Waals surface area contributed by atoms with Crippen LogP contribution in [0.1, 0.15) is 38.8 Å². The van der Waals surface area contributed by atoms with Crippen molar-refractivity contribution in [3.63, 3.8) is 0 Å². The van der Waals surface area contributed by atoms with Gasteiger partial charge in [0.1, 0.15) is 5.65 Å². The maximum atomic E-state index is 4.66. The summed E-state index contributed by atoms with van der Waals surface area (Å²) < 4.78 is 2.07. The van der Waals surface area contributed by atoms with Crippen LogP contribution in [0.25, 0.3) is 5.65 Å². The molecule has 0 aliphatic carbocycles. The molecular weight excluding hydrogens is 310 g/mol. The molecule has 2 aromatic rings. The highest BCUT2D eigenvalue weighted by Crippen LogP contribution is 2.28. The van der Waals surface area contributed by atoms with Gasteiger partial charge < -0.3 is 14.6 Å². The largest absolute Gasteiger partial charge is 0.356 e. The van der Waals surface area contributed by atoms with Crippen LogP contribution < -0.4 is 5.32 Å². The molecular formula is C20H31N5. The summed E-state index contributed by atoms with van der Waals surface area (Å²) in [5.74, 6) is 2.70. The molecule has 0 spiro atoms. The van der Waals surface area contributed by atoms with Gasteiger partial charge in [-0.25, -0.2) is 4.98 Å². The number of imidazole rings is 1. The molecule has 25 heavy (non-hydrogen) atoms. The fourth-order valence-corrected chi connectivity index (χ4v) is 4.06. The van der Waals surface area contributed by atoms with Crippen LogP contribution in [0, 0.1) is 11.8 Å². The lowest BCUT2D eigenvalue weighted by Crippen LogP contribution is -2.41. The Kier molecular flexibility index (Phi) is 5.95. The van der Waals surface area contributed by atoms with Gasteiger partial charge in [-0.2, -0.15) is 0 Å². The van der Waals surface area contributed by atoms with Crippen molar-refractivity contribution >= 4 is 11.6 Å². The lowest BCUT2D eigenvalue weighted by Gasteiger charge is -2.24. The van der Waals surface area contributed by atoms with Crippen LogP contribution in [-0.2, 0) is 6.42 Å². The first-order valence-corrected chi connectivity index (χ1v) is 9.63. The fourth-order valence-electron chi connectivity index (χ4n) is 4.06. The maximum absolute atomic E-state index is 4.66. The molecule has 0 bridgehead atoms. The number of likely N-dealkylation sites (tertiary alicyclic amines) is 1. The zero-order valence-corrected chi connectivity index (χ0v) is 15.8. The lowest BCUT2D eigenvalue weighted by molar-refractivity contribution is 0.319. The Balaban J connectivity index is 1.51. The first-order valence-electron chi connectivity index (χ1n) is 9.63. The number of nitrogens with zero attached hydrogens (tertiary/aromatic N) is 4. The first kappa shape index (κ1) is 17.8. The molecule has 1 fully saturated rings. The normalized spacial score (nSPS) is 18.5. The van der Waals surface area contributed by atoms with E-state index in [0.717, 1.165) is 55.2 Å². The molecule has 0 radical (unpaired) electrons. The number of aliphatic imine (C=N–C) groups is 1. The van der Waals surface area contributed by atoms with Crippen LogP contribution in [-0.4, -0.2) is 46.9 Å². The van der Waals surface area contributed by atoms with E-state index in [1.807, 2.05) is 31.4 Å². The Bertz CT molecular complexity index is 668. The van der Waals surface area contributed by atoms with E-state index in [2.05, 4.69) is 44.6 Å². The monoisotopic (exact) mass is 341 g/mol. The van der Waals surface area contributed by atoms with E-state index in [4.69, 9.17) is 0 Å². The molecule has 1 atom stereocenters. The zero-order chi connectivity index (χ0) is 17.6. The highest BCUT2D eigenvalue weighted by atomic mass is 15.3. The van der Waals surface area contributed by atoms with E-state index >= 15 is 0 Å². The van der Waals surface area contributed by atoms with E-state index in [1.165, 1.54) is 19.3 Å². The molecule has 1 aliphatic rings. The average molecular weight is 342 g/mol.